The van der Waals surface area contributed by atoms with Gasteiger partial charge >= 0.3 is 0 Å². The normalized spacial score (nSPS) is 11.8. The largest absolute Gasteiger partial charge is 0.303 e. The molecule has 0 atom stereocenters. The maximum absolute atomic E-state index is 10.2. The summed E-state index contributed by atoms with van der Waals surface area (Å²) in [6.07, 6.45) is 17.1. The third-order valence-electron chi connectivity index (χ3n) is 3.19. The van der Waals surface area contributed by atoms with Gasteiger partial charge < -0.3 is 4.79 Å². The summed E-state index contributed by atoms with van der Waals surface area (Å²) >= 11 is 0. The molecule has 100 valence electrons. The maximum atomic E-state index is 10.2. The van der Waals surface area contributed by atoms with Gasteiger partial charge in [-0.3, -0.25) is 0 Å². The highest BCUT2D eigenvalue weighted by molar-refractivity contribution is 5.49. The fraction of sp³-hybridized carbons (Fsp3) is 0.812. The number of hydrogen-bond donors (Lipinski definition) is 0. The topological polar surface area (TPSA) is 17.1 Å². The minimum absolute atomic E-state index is 0.711. The van der Waals surface area contributed by atoms with E-state index < -0.39 is 0 Å². The zero-order valence-corrected chi connectivity index (χ0v) is 11.8. The lowest BCUT2D eigenvalue weighted by Gasteiger charge is -2.01. The van der Waals surface area contributed by atoms with E-state index in [4.69, 9.17) is 0 Å². The minimum Gasteiger partial charge on any atom is -0.303 e. The number of rotatable bonds is 12. The second-order valence-electron chi connectivity index (χ2n) is 5.02. The molecule has 0 saturated heterocycles. The van der Waals surface area contributed by atoms with E-state index in [9.17, 15) is 4.79 Å². The average molecular weight is 238 g/mol. The Bertz CT molecular complexity index is 194. The van der Waals surface area contributed by atoms with Gasteiger partial charge in [0.05, 0.1) is 0 Å². The lowest BCUT2D eigenvalue weighted by molar-refractivity contribution is -0.107. The number of unbranched alkanes of at least 4 members (excludes halogenated alkanes) is 8. The summed E-state index contributed by atoms with van der Waals surface area (Å²) in [5, 5.41) is 0. The Morgan fingerprint density at radius 1 is 0.882 bits per heavy atom. The Hall–Kier alpha value is -0.590. The van der Waals surface area contributed by atoms with Gasteiger partial charge in [0.25, 0.3) is 0 Å². The van der Waals surface area contributed by atoms with Crippen molar-refractivity contribution in [1.82, 2.24) is 0 Å². The Labute approximate surface area is 108 Å². The van der Waals surface area contributed by atoms with Crippen molar-refractivity contribution in [2.24, 2.45) is 0 Å². The van der Waals surface area contributed by atoms with Crippen molar-refractivity contribution in [2.45, 2.75) is 84.5 Å². The average Bonchev–Trinajstić information content (AvgIpc) is 2.33. The first-order chi connectivity index (χ1) is 8.31. The van der Waals surface area contributed by atoms with E-state index in [1.807, 2.05) is 0 Å². The van der Waals surface area contributed by atoms with Crippen LogP contribution < -0.4 is 0 Å². The molecule has 0 spiro atoms. The lowest BCUT2D eigenvalue weighted by atomic mass is 10.1. The summed E-state index contributed by atoms with van der Waals surface area (Å²) < 4.78 is 0. The van der Waals surface area contributed by atoms with Gasteiger partial charge in [-0.1, -0.05) is 57.1 Å². The lowest BCUT2D eigenvalue weighted by Crippen LogP contribution is -1.82. The summed E-state index contributed by atoms with van der Waals surface area (Å²) in [5.74, 6) is 0. The van der Waals surface area contributed by atoms with Crippen LogP contribution in [0.3, 0.4) is 0 Å². The first kappa shape index (κ1) is 16.4. The highest BCUT2D eigenvalue weighted by atomic mass is 16.1. The van der Waals surface area contributed by atoms with E-state index >= 15 is 0 Å². The molecule has 0 bridgehead atoms. The molecule has 0 heterocycles. The molecule has 0 aliphatic heterocycles. The van der Waals surface area contributed by atoms with Crippen molar-refractivity contribution >= 4 is 6.29 Å². The Balaban J connectivity index is 3.24. The van der Waals surface area contributed by atoms with Gasteiger partial charge in [-0.2, -0.15) is 0 Å². The molecular formula is C16H30O. The summed E-state index contributed by atoms with van der Waals surface area (Å²) in [7, 11) is 0. The molecule has 0 saturated carbocycles. The van der Waals surface area contributed by atoms with Gasteiger partial charge in [-0.15, -0.1) is 0 Å². The van der Waals surface area contributed by atoms with Crippen molar-refractivity contribution in [3.05, 3.63) is 11.6 Å². The minimum atomic E-state index is 0.711. The Kier molecular flexibility index (Phi) is 13.0. The van der Waals surface area contributed by atoms with Crippen LogP contribution >= 0.6 is 0 Å². The molecule has 1 nitrogen and oxygen atoms in total. The molecule has 0 amide bonds. The summed E-state index contributed by atoms with van der Waals surface area (Å²) in [6, 6.07) is 0. The van der Waals surface area contributed by atoms with Crippen molar-refractivity contribution in [1.29, 1.82) is 0 Å². The molecule has 0 aliphatic carbocycles. The molecule has 0 N–H and O–H groups in total. The van der Waals surface area contributed by atoms with Gasteiger partial charge in [0, 0.05) is 6.42 Å². The second-order valence-corrected chi connectivity index (χ2v) is 5.02. The second kappa shape index (κ2) is 13.5. The van der Waals surface area contributed by atoms with Gasteiger partial charge in [0.1, 0.15) is 6.29 Å². The molecule has 1 heteroatoms. The number of allylic oxidation sites excluding steroid dienone is 2. The third-order valence-corrected chi connectivity index (χ3v) is 3.19. The van der Waals surface area contributed by atoms with E-state index in [0.29, 0.717) is 6.42 Å². The van der Waals surface area contributed by atoms with Crippen LogP contribution in [0.4, 0.5) is 0 Å². The number of hydrogen-bond acceptors (Lipinski definition) is 1. The summed E-state index contributed by atoms with van der Waals surface area (Å²) in [5.41, 5.74) is 1.46. The first-order valence-corrected chi connectivity index (χ1v) is 7.40. The maximum Gasteiger partial charge on any atom is 0.120 e. The quantitative estimate of drug-likeness (QED) is 0.251. The van der Waals surface area contributed by atoms with Crippen LogP contribution in [-0.4, -0.2) is 6.29 Å². The van der Waals surface area contributed by atoms with Crippen LogP contribution in [0.5, 0.6) is 0 Å². The number of carbonyl (C=O) groups is 1. The first-order valence-electron chi connectivity index (χ1n) is 7.40. The van der Waals surface area contributed by atoms with Crippen molar-refractivity contribution in [3.63, 3.8) is 0 Å². The molecule has 0 aromatic carbocycles. The highest BCUT2D eigenvalue weighted by Gasteiger charge is 1.92. The summed E-state index contributed by atoms with van der Waals surface area (Å²) in [4.78, 5) is 10.2. The van der Waals surface area contributed by atoms with Crippen LogP contribution in [0.15, 0.2) is 11.6 Å². The van der Waals surface area contributed by atoms with Crippen LogP contribution in [0.1, 0.15) is 84.5 Å². The number of aldehydes is 1. The van der Waals surface area contributed by atoms with Gasteiger partial charge in [-0.25, -0.2) is 0 Å². The fourth-order valence-corrected chi connectivity index (χ4v) is 2.02. The van der Waals surface area contributed by atoms with E-state index in [1.165, 1.54) is 56.9 Å². The molecule has 17 heavy (non-hydrogen) atoms. The predicted molar refractivity (Wildman–Crippen MR) is 76.3 cm³/mol. The summed E-state index contributed by atoms with van der Waals surface area (Å²) in [6.45, 7) is 4.45. The zero-order chi connectivity index (χ0) is 12.8. The fourth-order valence-electron chi connectivity index (χ4n) is 2.02. The van der Waals surface area contributed by atoms with E-state index in [1.54, 1.807) is 0 Å². The monoisotopic (exact) mass is 238 g/mol. The smallest absolute Gasteiger partial charge is 0.120 e. The molecule has 0 unspecified atom stereocenters. The van der Waals surface area contributed by atoms with Crippen LogP contribution in [-0.2, 0) is 4.79 Å². The number of carbonyl (C=O) groups excluding carboxylic acids is 1. The molecule has 0 aromatic rings. The van der Waals surface area contributed by atoms with Crippen LogP contribution in [0.25, 0.3) is 0 Å². The van der Waals surface area contributed by atoms with E-state index in [-0.39, 0.29) is 0 Å². The highest BCUT2D eigenvalue weighted by Crippen LogP contribution is 2.11. The van der Waals surface area contributed by atoms with Crippen molar-refractivity contribution in [3.8, 4) is 0 Å². The third kappa shape index (κ3) is 13.3. The predicted octanol–water partition coefficient (Wildman–Crippen LogP) is 5.44. The van der Waals surface area contributed by atoms with Gasteiger partial charge in [0.2, 0.25) is 0 Å². The SMILES string of the molecule is CCCCCCCCCC=C(C)CCCC=O. The molecule has 0 radical (unpaired) electrons. The van der Waals surface area contributed by atoms with Gasteiger partial charge in [0.15, 0.2) is 0 Å². The van der Waals surface area contributed by atoms with E-state index in [2.05, 4.69) is 19.9 Å². The molecule has 0 aliphatic rings. The van der Waals surface area contributed by atoms with Crippen molar-refractivity contribution < 1.29 is 4.79 Å². The molecule has 0 fully saturated rings. The van der Waals surface area contributed by atoms with E-state index in [0.717, 1.165) is 19.1 Å². The zero-order valence-electron chi connectivity index (χ0n) is 11.8. The van der Waals surface area contributed by atoms with Crippen LogP contribution in [0.2, 0.25) is 0 Å². The van der Waals surface area contributed by atoms with Crippen molar-refractivity contribution in [2.75, 3.05) is 0 Å². The molecule has 0 aromatic heterocycles. The van der Waals surface area contributed by atoms with Gasteiger partial charge in [-0.05, 0) is 32.6 Å². The Morgan fingerprint density at radius 3 is 2.18 bits per heavy atom. The standard InChI is InChI=1S/C16H30O/c1-3-4-5-6-7-8-9-10-13-16(2)14-11-12-15-17/h13,15H,3-12,14H2,1-2H3. The molecule has 0 rings (SSSR count). The van der Waals surface area contributed by atoms with Crippen LogP contribution in [0, 0.1) is 0 Å². The molecular weight excluding hydrogens is 208 g/mol. The Morgan fingerprint density at radius 2 is 1.53 bits per heavy atom.